The summed E-state index contributed by atoms with van der Waals surface area (Å²) in [5.74, 6) is 1.75. The zero-order valence-electron chi connectivity index (χ0n) is 15.3. The normalized spacial score (nSPS) is 11.1. The molecule has 0 aliphatic rings. The number of nitrogens with one attached hydrogen (secondary N) is 2. The Hall–Kier alpha value is -2.70. The van der Waals surface area contributed by atoms with E-state index in [9.17, 15) is 4.79 Å². The molecule has 1 heterocycles. The van der Waals surface area contributed by atoms with Crippen LogP contribution in [-0.2, 0) is 18.5 Å². The highest BCUT2D eigenvalue weighted by Crippen LogP contribution is 2.27. The molecule has 1 aromatic carbocycles. The molecule has 0 saturated carbocycles. The third-order valence-corrected chi connectivity index (χ3v) is 3.62. The Morgan fingerprint density at radius 1 is 1.12 bits per heavy atom. The molecule has 0 aliphatic heterocycles. The Kier molecular flexibility index (Phi) is 5.90. The standard InChI is InChI=1S/C18H25N3O4/c1-18(2,3)15-11-25-16(21-15)10-20-17(22)19-9-12-6-7-13(23-4)14(8-12)24-5/h6-8,11H,9-10H2,1-5H3,(H2,19,20,22). The van der Waals surface area contributed by atoms with Crippen molar-refractivity contribution in [3.05, 3.63) is 41.6 Å². The van der Waals surface area contributed by atoms with E-state index in [0.717, 1.165) is 11.3 Å². The summed E-state index contributed by atoms with van der Waals surface area (Å²) in [6.07, 6.45) is 1.62. The molecule has 7 heteroatoms. The van der Waals surface area contributed by atoms with Crippen LogP contribution in [0.1, 0.15) is 37.9 Å². The van der Waals surface area contributed by atoms with E-state index in [1.165, 1.54) is 0 Å². The van der Waals surface area contributed by atoms with Crippen LogP contribution >= 0.6 is 0 Å². The number of hydrogen-bond donors (Lipinski definition) is 2. The first-order valence-corrected chi connectivity index (χ1v) is 8.01. The summed E-state index contributed by atoms with van der Waals surface area (Å²) in [6, 6.07) is 5.19. The first-order chi connectivity index (χ1) is 11.8. The van der Waals surface area contributed by atoms with E-state index >= 15 is 0 Å². The molecule has 1 aromatic heterocycles. The van der Waals surface area contributed by atoms with Gasteiger partial charge in [0.2, 0.25) is 5.89 Å². The van der Waals surface area contributed by atoms with Gasteiger partial charge in [0, 0.05) is 12.0 Å². The van der Waals surface area contributed by atoms with Crippen molar-refractivity contribution >= 4 is 6.03 Å². The number of oxazole rings is 1. The number of carbonyl (C=O) groups excluding carboxylic acids is 1. The van der Waals surface area contributed by atoms with Crippen LogP contribution in [-0.4, -0.2) is 25.2 Å². The number of amides is 2. The predicted octanol–water partition coefficient (Wildman–Crippen LogP) is 2.99. The van der Waals surface area contributed by atoms with Crippen molar-refractivity contribution < 1.29 is 18.7 Å². The molecule has 2 aromatic rings. The molecular weight excluding hydrogens is 322 g/mol. The highest BCUT2D eigenvalue weighted by molar-refractivity contribution is 5.73. The van der Waals surface area contributed by atoms with Gasteiger partial charge in [-0.25, -0.2) is 9.78 Å². The number of ether oxygens (including phenoxy) is 2. The van der Waals surface area contributed by atoms with Crippen molar-refractivity contribution in [1.82, 2.24) is 15.6 Å². The summed E-state index contributed by atoms with van der Waals surface area (Å²) >= 11 is 0. The minimum absolute atomic E-state index is 0.0859. The molecule has 2 amide bonds. The molecular formula is C18H25N3O4. The van der Waals surface area contributed by atoms with Crippen LogP contribution in [0.4, 0.5) is 4.79 Å². The van der Waals surface area contributed by atoms with Crippen LogP contribution in [0.3, 0.4) is 0 Å². The molecule has 2 N–H and O–H groups in total. The molecule has 0 fully saturated rings. The molecule has 0 atom stereocenters. The largest absolute Gasteiger partial charge is 0.493 e. The van der Waals surface area contributed by atoms with Gasteiger partial charge in [0.25, 0.3) is 0 Å². The second kappa shape index (κ2) is 7.92. The summed E-state index contributed by atoms with van der Waals surface area (Å²) in [4.78, 5) is 16.3. The fraction of sp³-hybridized carbons (Fsp3) is 0.444. The van der Waals surface area contributed by atoms with E-state index in [4.69, 9.17) is 13.9 Å². The Labute approximate surface area is 147 Å². The third kappa shape index (κ3) is 5.14. The number of urea groups is 1. The van der Waals surface area contributed by atoms with Crippen molar-refractivity contribution in [3.63, 3.8) is 0 Å². The maximum Gasteiger partial charge on any atom is 0.315 e. The Bertz CT molecular complexity index is 719. The summed E-state index contributed by atoms with van der Waals surface area (Å²) in [7, 11) is 3.15. The second-order valence-electron chi connectivity index (χ2n) is 6.60. The average molecular weight is 347 g/mol. The molecule has 2 rings (SSSR count). The maximum atomic E-state index is 11.9. The molecule has 7 nitrogen and oxygen atoms in total. The molecule has 0 aliphatic carbocycles. The summed E-state index contributed by atoms with van der Waals surface area (Å²) in [6.45, 7) is 6.76. The number of benzene rings is 1. The van der Waals surface area contributed by atoms with Gasteiger partial charge in [-0.3, -0.25) is 0 Å². The Morgan fingerprint density at radius 3 is 2.40 bits per heavy atom. The molecule has 0 unspecified atom stereocenters. The number of hydrogen-bond acceptors (Lipinski definition) is 5. The van der Waals surface area contributed by atoms with E-state index in [1.54, 1.807) is 26.5 Å². The van der Waals surface area contributed by atoms with E-state index in [1.807, 2.05) is 12.1 Å². The molecule has 0 bridgehead atoms. The molecule has 25 heavy (non-hydrogen) atoms. The maximum absolute atomic E-state index is 11.9. The SMILES string of the molecule is COc1ccc(CNC(=O)NCc2nc(C(C)(C)C)co2)cc1OC. The summed E-state index contributed by atoms with van der Waals surface area (Å²) in [5.41, 5.74) is 1.67. The lowest BCUT2D eigenvalue weighted by Gasteiger charge is -2.13. The number of aromatic nitrogens is 1. The fourth-order valence-electron chi connectivity index (χ4n) is 2.13. The van der Waals surface area contributed by atoms with Crippen molar-refractivity contribution in [2.75, 3.05) is 14.2 Å². The van der Waals surface area contributed by atoms with E-state index in [0.29, 0.717) is 23.9 Å². The molecule has 136 valence electrons. The Balaban J connectivity index is 1.84. The van der Waals surface area contributed by atoms with Crippen LogP contribution in [0.15, 0.2) is 28.9 Å². The van der Waals surface area contributed by atoms with Crippen LogP contribution < -0.4 is 20.1 Å². The highest BCUT2D eigenvalue weighted by Gasteiger charge is 2.18. The van der Waals surface area contributed by atoms with Gasteiger partial charge in [0.05, 0.1) is 26.5 Å². The van der Waals surface area contributed by atoms with E-state index in [2.05, 4.69) is 36.4 Å². The zero-order chi connectivity index (χ0) is 18.4. The van der Waals surface area contributed by atoms with Crippen molar-refractivity contribution in [3.8, 4) is 11.5 Å². The lowest BCUT2D eigenvalue weighted by molar-refractivity contribution is 0.239. The van der Waals surface area contributed by atoms with Gasteiger partial charge in [0.15, 0.2) is 11.5 Å². The van der Waals surface area contributed by atoms with Gasteiger partial charge in [0.1, 0.15) is 6.26 Å². The number of nitrogens with zero attached hydrogens (tertiary/aromatic N) is 1. The average Bonchev–Trinajstić information content (AvgIpc) is 3.07. The highest BCUT2D eigenvalue weighted by atomic mass is 16.5. The topological polar surface area (TPSA) is 85.6 Å². The van der Waals surface area contributed by atoms with Crippen molar-refractivity contribution in [2.45, 2.75) is 39.3 Å². The van der Waals surface area contributed by atoms with Gasteiger partial charge in [-0.2, -0.15) is 0 Å². The number of carbonyl (C=O) groups is 1. The molecule has 0 radical (unpaired) electrons. The first kappa shape index (κ1) is 18.6. The quantitative estimate of drug-likeness (QED) is 0.839. The minimum atomic E-state index is -0.301. The lowest BCUT2D eigenvalue weighted by atomic mass is 9.93. The van der Waals surface area contributed by atoms with Gasteiger partial charge in [-0.15, -0.1) is 0 Å². The monoisotopic (exact) mass is 347 g/mol. The molecule has 0 spiro atoms. The second-order valence-corrected chi connectivity index (χ2v) is 6.60. The summed E-state index contributed by atoms with van der Waals surface area (Å²) in [5, 5.41) is 5.50. The van der Waals surface area contributed by atoms with Crippen molar-refractivity contribution in [2.24, 2.45) is 0 Å². The Morgan fingerprint density at radius 2 is 1.80 bits per heavy atom. The smallest absolute Gasteiger partial charge is 0.315 e. The third-order valence-electron chi connectivity index (χ3n) is 3.62. The van der Waals surface area contributed by atoms with Gasteiger partial charge in [-0.05, 0) is 17.7 Å². The fourth-order valence-corrected chi connectivity index (χ4v) is 2.13. The minimum Gasteiger partial charge on any atom is -0.493 e. The van der Waals surface area contributed by atoms with Crippen LogP contribution in [0.5, 0.6) is 11.5 Å². The van der Waals surface area contributed by atoms with E-state index in [-0.39, 0.29) is 18.0 Å². The molecule has 0 saturated heterocycles. The van der Waals surface area contributed by atoms with Crippen LogP contribution in [0, 0.1) is 0 Å². The number of methoxy groups -OCH3 is 2. The number of rotatable bonds is 6. The van der Waals surface area contributed by atoms with Crippen LogP contribution in [0.2, 0.25) is 0 Å². The predicted molar refractivity (Wildman–Crippen MR) is 93.8 cm³/mol. The van der Waals surface area contributed by atoms with Gasteiger partial charge in [-0.1, -0.05) is 26.8 Å². The van der Waals surface area contributed by atoms with E-state index < -0.39 is 0 Å². The van der Waals surface area contributed by atoms with Crippen molar-refractivity contribution in [1.29, 1.82) is 0 Å². The first-order valence-electron chi connectivity index (χ1n) is 8.01. The zero-order valence-corrected chi connectivity index (χ0v) is 15.3. The van der Waals surface area contributed by atoms with Crippen LogP contribution in [0.25, 0.3) is 0 Å². The lowest BCUT2D eigenvalue weighted by Crippen LogP contribution is -2.34. The van der Waals surface area contributed by atoms with Gasteiger partial charge < -0.3 is 24.5 Å². The van der Waals surface area contributed by atoms with Gasteiger partial charge >= 0.3 is 6.03 Å². The summed E-state index contributed by atoms with van der Waals surface area (Å²) < 4.78 is 15.8.